The minimum atomic E-state index is 0.187. The number of nitrogens with zero attached hydrogens (tertiary/aromatic N) is 2. The number of allylic oxidation sites excluding steroid dienone is 2. The summed E-state index contributed by atoms with van der Waals surface area (Å²) in [5.74, 6) is 0.187. The average molecular weight is 361 g/mol. The van der Waals surface area contributed by atoms with Crippen molar-refractivity contribution in [2.75, 3.05) is 38.0 Å². The number of benzene rings is 2. The van der Waals surface area contributed by atoms with Crippen LogP contribution in [0.1, 0.15) is 30.4 Å². The fraction of sp³-hybridized carbons (Fsp3) is 0.292. The Bertz CT molecular complexity index is 819. The standard InChI is InChI=1S/C24H28N2O/c1-25(2)22-12-5-8-18(16-22)14-20-10-7-11-21(24(20)27)15-19-9-6-13-23(17-19)26(3)4/h5-6,8-9,12-17H,7,10-11H2,1-4H3/b20-14+,21-15+. The molecule has 0 amide bonds. The summed E-state index contributed by atoms with van der Waals surface area (Å²) in [6, 6.07) is 16.6. The molecule has 0 heterocycles. The molecule has 140 valence electrons. The number of carbonyl (C=O) groups excluding carboxylic acids is 1. The second-order valence-electron chi connectivity index (χ2n) is 7.50. The Balaban J connectivity index is 1.87. The lowest BCUT2D eigenvalue weighted by Crippen LogP contribution is -2.12. The highest BCUT2D eigenvalue weighted by Crippen LogP contribution is 2.29. The monoisotopic (exact) mass is 360 g/mol. The molecule has 0 saturated heterocycles. The molecule has 0 unspecified atom stereocenters. The molecule has 0 spiro atoms. The van der Waals surface area contributed by atoms with Crippen LogP contribution in [0.2, 0.25) is 0 Å². The molecule has 1 aliphatic carbocycles. The fourth-order valence-corrected chi connectivity index (χ4v) is 3.37. The number of anilines is 2. The highest BCUT2D eigenvalue weighted by Gasteiger charge is 2.20. The van der Waals surface area contributed by atoms with Crippen LogP contribution in [0, 0.1) is 0 Å². The van der Waals surface area contributed by atoms with E-state index in [0.29, 0.717) is 0 Å². The Kier molecular flexibility index (Phi) is 5.80. The second kappa shape index (κ2) is 8.26. The Morgan fingerprint density at radius 3 is 1.59 bits per heavy atom. The van der Waals surface area contributed by atoms with Crippen LogP contribution in [0.25, 0.3) is 12.2 Å². The number of Topliss-reactive ketones (excluding diaryl/α,β-unsaturated/α-hetero) is 1. The third-order valence-electron chi connectivity index (χ3n) is 4.93. The van der Waals surface area contributed by atoms with Crippen molar-refractivity contribution in [3.8, 4) is 0 Å². The van der Waals surface area contributed by atoms with E-state index in [0.717, 1.165) is 52.9 Å². The van der Waals surface area contributed by atoms with Gasteiger partial charge >= 0.3 is 0 Å². The highest BCUT2D eigenvalue weighted by atomic mass is 16.1. The van der Waals surface area contributed by atoms with E-state index in [2.05, 4.69) is 58.4 Å². The fourth-order valence-electron chi connectivity index (χ4n) is 3.37. The van der Waals surface area contributed by atoms with Crippen molar-refractivity contribution in [3.63, 3.8) is 0 Å². The molecule has 0 N–H and O–H groups in total. The van der Waals surface area contributed by atoms with E-state index in [4.69, 9.17) is 0 Å². The lowest BCUT2D eigenvalue weighted by molar-refractivity contribution is -0.112. The molecule has 0 radical (unpaired) electrons. The maximum absolute atomic E-state index is 13.0. The smallest absolute Gasteiger partial charge is 0.185 e. The third kappa shape index (κ3) is 4.68. The van der Waals surface area contributed by atoms with Gasteiger partial charge in [0.25, 0.3) is 0 Å². The topological polar surface area (TPSA) is 23.6 Å². The van der Waals surface area contributed by atoms with Gasteiger partial charge in [0.15, 0.2) is 5.78 Å². The Morgan fingerprint density at radius 1 is 0.741 bits per heavy atom. The van der Waals surface area contributed by atoms with E-state index < -0.39 is 0 Å². The molecule has 1 saturated carbocycles. The largest absolute Gasteiger partial charge is 0.378 e. The Hall–Kier alpha value is -2.81. The van der Waals surface area contributed by atoms with Gasteiger partial charge in [0.2, 0.25) is 0 Å². The van der Waals surface area contributed by atoms with E-state index in [9.17, 15) is 4.79 Å². The van der Waals surface area contributed by atoms with E-state index in [1.165, 1.54) is 0 Å². The van der Waals surface area contributed by atoms with Gasteiger partial charge in [-0.15, -0.1) is 0 Å². The zero-order valence-electron chi connectivity index (χ0n) is 16.7. The minimum absolute atomic E-state index is 0.187. The van der Waals surface area contributed by atoms with Crippen LogP contribution < -0.4 is 9.80 Å². The van der Waals surface area contributed by atoms with Crippen LogP contribution in [0.3, 0.4) is 0 Å². The first kappa shape index (κ1) is 19.0. The predicted octanol–water partition coefficient (Wildman–Crippen LogP) is 5.04. The molecule has 3 heteroatoms. The van der Waals surface area contributed by atoms with E-state index in [-0.39, 0.29) is 5.78 Å². The summed E-state index contributed by atoms with van der Waals surface area (Å²) < 4.78 is 0. The second-order valence-corrected chi connectivity index (χ2v) is 7.50. The number of rotatable bonds is 4. The first-order chi connectivity index (χ1) is 12.9. The van der Waals surface area contributed by atoms with Crippen molar-refractivity contribution >= 4 is 29.3 Å². The van der Waals surface area contributed by atoms with Crippen LogP contribution in [0.4, 0.5) is 11.4 Å². The zero-order valence-corrected chi connectivity index (χ0v) is 16.7. The molecule has 1 aliphatic rings. The summed E-state index contributed by atoms with van der Waals surface area (Å²) >= 11 is 0. The summed E-state index contributed by atoms with van der Waals surface area (Å²) in [4.78, 5) is 17.2. The van der Waals surface area contributed by atoms with Crippen molar-refractivity contribution in [1.29, 1.82) is 0 Å². The summed E-state index contributed by atoms with van der Waals surface area (Å²) in [6.07, 6.45) is 6.82. The molecular weight excluding hydrogens is 332 g/mol. The number of hydrogen-bond donors (Lipinski definition) is 0. The van der Waals surface area contributed by atoms with Crippen LogP contribution in [0.5, 0.6) is 0 Å². The van der Waals surface area contributed by atoms with Crippen molar-refractivity contribution in [2.24, 2.45) is 0 Å². The number of carbonyl (C=O) groups is 1. The Labute approximate surface area is 162 Å². The summed E-state index contributed by atoms with van der Waals surface area (Å²) in [5, 5.41) is 0. The van der Waals surface area contributed by atoms with Crippen molar-refractivity contribution in [2.45, 2.75) is 19.3 Å². The van der Waals surface area contributed by atoms with Gasteiger partial charge in [0.05, 0.1) is 0 Å². The van der Waals surface area contributed by atoms with Crippen LogP contribution in [-0.4, -0.2) is 34.0 Å². The van der Waals surface area contributed by atoms with Gasteiger partial charge < -0.3 is 9.80 Å². The van der Waals surface area contributed by atoms with E-state index in [1.807, 2.05) is 40.3 Å². The molecule has 0 atom stereocenters. The summed E-state index contributed by atoms with van der Waals surface area (Å²) in [5.41, 5.74) is 6.27. The van der Waals surface area contributed by atoms with Crippen LogP contribution in [0.15, 0.2) is 59.7 Å². The normalized spacial score (nSPS) is 17.4. The summed E-state index contributed by atoms with van der Waals surface area (Å²) in [6.45, 7) is 0. The molecule has 1 fully saturated rings. The molecule has 2 aromatic rings. The van der Waals surface area contributed by atoms with E-state index >= 15 is 0 Å². The minimum Gasteiger partial charge on any atom is -0.378 e. The van der Waals surface area contributed by atoms with E-state index in [1.54, 1.807) is 0 Å². The van der Waals surface area contributed by atoms with Crippen LogP contribution >= 0.6 is 0 Å². The molecule has 0 aliphatic heterocycles. The average Bonchev–Trinajstić information content (AvgIpc) is 2.65. The Morgan fingerprint density at radius 2 is 1.19 bits per heavy atom. The lowest BCUT2D eigenvalue weighted by Gasteiger charge is -2.18. The van der Waals surface area contributed by atoms with Gasteiger partial charge in [-0.1, -0.05) is 24.3 Å². The van der Waals surface area contributed by atoms with Crippen molar-refractivity contribution in [3.05, 3.63) is 70.8 Å². The van der Waals surface area contributed by atoms with Gasteiger partial charge in [-0.25, -0.2) is 0 Å². The van der Waals surface area contributed by atoms with Crippen molar-refractivity contribution in [1.82, 2.24) is 0 Å². The third-order valence-corrected chi connectivity index (χ3v) is 4.93. The van der Waals surface area contributed by atoms with Gasteiger partial charge in [0, 0.05) is 50.7 Å². The van der Waals surface area contributed by atoms with Crippen LogP contribution in [-0.2, 0) is 4.79 Å². The molecule has 0 bridgehead atoms. The molecule has 27 heavy (non-hydrogen) atoms. The van der Waals surface area contributed by atoms with Gasteiger partial charge in [-0.2, -0.15) is 0 Å². The maximum atomic E-state index is 13.0. The van der Waals surface area contributed by atoms with Gasteiger partial charge in [-0.3, -0.25) is 4.79 Å². The summed E-state index contributed by atoms with van der Waals surface area (Å²) in [7, 11) is 8.11. The van der Waals surface area contributed by atoms with Gasteiger partial charge in [0.1, 0.15) is 0 Å². The first-order valence-electron chi connectivity index (χ1n) is 9.44. The molecular formula is C24H28N2O. The zero-order chi connectivity index (χ0) is 19.4. The molecule has 2 aromatic carbocycles. The number of ketones is 1. The molecule has 3 rings (SSSR count). The molecule has 0 aromatic heterocycles. The molecule has 3 nitrogen and oxygen atoms in total. The first-order valence-corrected chi connectivity index (χ1v) is 9.44. The highest BCUT2D eigenvalue weighted by molar-refractivity contribution is 6.14. The van der Waals surface area contributed by atoms with Crippen molar-refractivity contribution < 1.29 is 4.79 Å². The predicted molar refractivity (Wildman–Crippen MR) is 116 cm³/mol. The quantitative estimate of drug-likeness (QED) is 0.714. The maximum Gasteiger partial charge on any atom is 0.185 e. The number of hydrogen-bond acceptors (Lipinski definition) is 3. The SMILES string of the molecule is CN(C)c1cccc(/C=C2\CCC/C(=C\c3cccc(N(C)C)c3)C2=O)c1. The lowest BCUT2D eigenvalue weighted by atomic mass is 9.87. The van der Waals surface area contributed by atoms with Gasteiger partial charge in [-0.05, 0) is 66.8 Å².